The van der Waals surface area contributed by atoms with Crippen molar-refractivity contribution < 1.29 is 14.7 Å². The van der Waals surface area contributed by atoms with Gasteiger partial charge in [-0.1, -0.05) is 26.7 Å². The molecule has 2 saturated carbocycles. The zero-order chi connectivity index (χ0) is 13.4. The minimum atomic E-state index is -0.781. The van der Waals surface area contributed by atoms with E-state index in [0.717, 1.165) is 32.1 Å². The highest BCUT2D eigenvalue weighted by Gasteiger charge is 2.47. The molecule has 18 heavy (non-hydrogen) atoms. The van der Waals surface area contributed by atoms with Gasteiger partial charge >= 0.3 is 5.97 Å². The number of aliphatic carboxylic acids is 1. The first-order chi connectivity index (χ1) is 8.33. The van der Waals surface area contributed by atoms with Gasteiger partial charge in [-0.2, -0.15) is 0 Å². The van der Waals surface area contributed by atoms with Gasteiger partial charge in [-0.05, 0) is 30.1 Å². The number of hydrogen-bond acceptors (Lipinski definition) is 2. The molecule has 1 amide bonds. The van der Waals surface area contributed by atoms with E-state index in [-0.39, 0.29) is 29.2 Å². The van der Waals surface area contributed by atoms with Gasteiger partial charge in [-0.25, -0.2) is 0 Å². The first kappa shape index (κ1) is 13.4. The van der Waals surface area contributed by atoms with Gasteiger partial charge in [0.2, 0.25) is 5.91 Å². The molecule has 4 nitrogen and oxygen atoms in total. The van der Waals surface area contributed by atoms with Crippen molar-refractivity contribution in [1.82, 2.24) is 5.32 Å². The molecule has 0 radical (unpaired) electrons. The molecule has 0 bridgehead atoms. The van der Waals surface area contributed by atoms with Gasteiger partial charge in [0, 0.05) is 12.5 Å². The molecule has 0 aromatic heterocycles. The number of carboxylic acid groups (broad SMARTS) is 1. The minimum absolute atomic E-state index is 0.0359. The molecule has 0 saturated heterocycles. The second-order valence-electron chi connectivity index (χ2n) is 6.77. The van der Waals surface area contributed by atoms with Crippen molar-refractivity contribution >= 4 is 11.9 Å². The van der Waals surface area contributed by atoms with Crippen LogP contribution in [0.1, 0.15) is 58.8 Å². The molecule has 0 aromatic carbocycles. The summed E-state index contributed by atoms with van der Waals surface area (Å²) in [6, 6.07) is 0.285. The average molecular weight is 253 g/mol. The Bertz CT molecular complexity index is 356. The van der Waals surface area contributed by atoms with E-state index < -0.39 is 5.97 Å². The lowest BCUT2D eigenvalue weighted by molar-refractivity contribution is -0.140. The maximum atomic E-state index is 12.0. The Hall–Kier alpha value is -1.06. The summed E-state index contributed by atoms with van der Waals surface area (Å²) in [6.07, 6.45) is 5.40. The monoisotopic (exact) mass is 253 g/mol. The molecule has 0 spiro atoms. The number of nitrogens with one attached hydrogen (secondary N) is 1. The van der Waals surface area contributed by atoms with Crippen LogP contribution in [0.5, 0.6) is 0 Å². The topological polar surface area (TPSA) is 66.4 Å². The van der Waals surface area contributed by atoms with E-state index in [2.05, 4.69) is 19.2 Å². The first-order valence-electron chi connectivity index (χ1n) is 6.84. The Morgan fingerprint density at radius 3 is 2.22 bits per heavy atom. The molecule has 1 unspecified atom stereocenters. The molecule has 2 fully saturated rings. The van der Waals surface area contributed by atoms with E-state index in [9.17, 15) is 9.59 Å². The van der Waals surface area contributed by atoms with E-state index in [1.54, 1.807) is 0 Å². The molecule has 0 heterocycles. The molecule has 2 aliphatic carbocycles. The highest BCUT2D eigenvalue weighted by molar-refractivity contribution is 5.79. The van der Waals surface area contributed by atoms with Crippen LogP contribution in [0.4, 0.5) is 0 Å². The molecule has 2 N–H and O–H groups in total. The first-order valence-corrected chi connectivity index (χ1v) is 6.84. The lowest BCUT2D eigenvalue weighted by atomic mass is 9.79. The third-order valence-corrected chi connectivity index (χ3v) is 4.57. The maximum absolute atomic E-state index is 12.0. The summed E-state index contributed by atoms with van der Waals surface area (Å²) in [5.41, 5.74) is -0.0553. The van der Waals surface area contributed by atoms with E-state index in [4.69, 9.17) is 5.11 Å². The van der Waals surface area contributed by atoms with Crippen LogP contribution in [0.2, 0.25) is 0 Å². The SMILES string of the molecule is CC1(C)CC1NC(=O)CC1(CC(=O)O)CCCC1. The Labute approximate surface area is 108 Å². The summed E-state index contributed by atoms with van der Waals surface area (Å²) in [5, 5.41) is 12.0. The molecule has 1 atom stereocenters. The van der Waals surface area contributed by atoms with Crippen molar-refractivity contribution in [3.63, 3.8) is 0 Å². The summed E-state index contributed by atoms with van der Waals surface area (Å²) in [4.78, 5) is 23.0. The maximum Gasteiger partial charge on any atom is 0.303 e. The fraction of sp³-hybridized carbons (Fsp3) is 0.857. The minimum Gasteiger partial charge on any atom is -0.481 e. The van der Waals surface area contributed by atoms with Crippen LogP contribution < -0.4 is 5.32 Å². The lowest BCUT2D eigenvalue weighted by Gasteiger charge is -2.26. The second-order valence-corrected chi connectivity index (χ2v) is 6.77. The number of hydrogen-bond donors (Lipinski definition) is 2. The Balaban J connectivity index is 1.89. The molecule has 0 aromatic rings. The molecular weight excluding hydrogens is 230 g/mol. The molecule has 0 aliphatic heterocycles. The number of amides is 1. The molecular formula is C14H23NO3. The zero-order valence-electron chi connectivity index (χ0n) is 11.3. The van der Waals surface area contributed by atoms with E-state index in [1.165, 1.54) is 0 Å². The van der Waals surface area contributed by atoms with Crippen molar-refractivity contribution in [2.45, 2.75) is 64.8 Å². The molecule has 102 valence electrons. The van der Waals surface area contributed by atoms with Crippen LogP contribution in [0.15, 0.2) is 0 Å². The summed E-state index contributed by atoms with van der Waals surface area (Å²) in [6.45, 7) is 4.28. The third-order valence-electron chi connectivity index (χ3n) is 4.57. The van der Waals surface area contributed by atoms with Gasteiger partial charge in [-0.15, -0.1) is 0 Å². The van der Waals surface area contributed by atoms with Gasteiger partial charge < -0.3 is 10.4 Å². The van der Waals surface area contributed by atoms with Crippen LogP contribution in [0.25, 0.3) is 0 Å². The lowest BCUT2D eigenvalue weighted by Crippen LogP contribution is -2.34. The van der Waals surface area contributed by atoms with E-state index >= 15 is 0 Å². The van der Waals surface area contributed by atoms with Gasteiger partial charge in [0.25, 0.3) is 0 Å². The normalized spacial score (nSPS) is 27.8. The quantitative estimate of drug-likeness (QED) is 0.790. The fourth-order valence-electron chi connectivity index (χ4n) is 3.16. The predicted octanol–water partition coefficient (Wildman–Crippen LogP) is 2.33. The smallest absolute Gasteiger partial charge is 0.303 e. The Morgan fingerprint density at radius 2 is 1.78 bits per heavy atom. The number of carboxylic acids is 1. The second kappa shape index (κ2) is 4.56. The number of carbonyl (C=O) groups is 2. The van der Waals surface area contributed by atoms with Crippen LogP contribution in [0, 0.1) is 10.8 Å². The summed E-state index contributed by atoms with van der Waals surface area (Å²) >= 11 is 0. The Morgan fingerprint density at radius 1 is 1.22 bits per heavy atom. The van der Waals surface area contributed by atoms with Gasteiger partial charge in [-0.3, -0.25) is 9.59 Å². The van der Waals surface area contributed by atoms with Gasteiger partial charge in [0.1, 0.15) is 0 Å². The molecule has 2 aliphatic rings. The van der Waals surface area contributed by atoms with Gasteiger partial charge in [0.05, 0.1) is 6.42 Å². The third kappa shape index (κ3) is 3.03. The van der Waals surface area contributed by atoms with Crippen molar-refractivity contribution in [2.75, 3.05) is 0 Å². The van der Waals surface area contributed by atoms with E-state index in [1.807, 2.05) is 0 Å². The molecule has 4 heteroatoms. The van der Waals surface area contributed by atoms with Crippen molar-refractivity contribution in [2.24, 2.45) is 10.8 Å². The predicted molar refractivity (Wildman–Crippen MR) is 68.1 cm³/mol. The van der Waals surface area contributed by atoms with Crippen molar-refractivity contribution in [3.8, 4) is 0 Å². The summed E-state index contributed by atoms with van der Waals surface area (Å²) in [7, 11) is 0. The summed E-state index contributed by atoms with van der Waals surface area (Å²) in [5.74, 6) is -0.745. The van der Waals surface area contributed by atoms with Crippen molar-refractivity contribution in [3.05, 3.63) is 0 Å². The molecule has 2 rings (SSSR count). The Kier molecular flexibility index (Phi) is 3.39. The van der Waals surface area contributed by atoms with Crippen LogP contribution in [-0.2, 0) is 9.59 Å². The van der Waals surface area contributed by atoms with Crippen molar-refractivity contribution in [1.29, 1.82) is 0 Å². The van der Waals surface area contributed by atoms with Gasteiger partial charge in [0.15, 0.2) is 0 Å². The van der Waals surface area contributed by atoms with E-state index in [0.29, 0.717) is 6.42 Å². The van der Waals surface area contributed by atoms with Crippen LogP contribution in [-0.4, -0.2) is 23.0 Å². The van der Waals surface area contributed by atoms with Crippen LogP contribution >= 0.6 is 0 Å². The largest absolute Gasteiger partial charge is 0.481 e. The zero-order valence-corrected chi connectivity index (χ0v) is 11.3. The highest BCUT2D eigenvalue weighted by Crippen LogP contribution is 2.46. The number of carbonyl (C=O) groups excluding carboxylic acids is 1. The fourth-order valence-corrected chi connectivity index (χ4v) is 3.16. The van der Waals surface area contributed by atoms with Crippen LogP contribution in [0.3, 0.4) is 0 Å². The average Bonchev–Trinajstić information content (AvgIpc) is 2.63. The summed E-state index contributed by atoms with van der Waals surface area (Å²) < 4.78 is 0. The highest BCUT2D eigenvalue weighted by atomic mass is 16.4. The number of rotatable bonds is 5. The standard InChI is InChI=1S/C14H23NO3/c1-13(2)7-10(13)15-11(16)8-14(9-12(17)18)5-3-4-6-14/h10H,3-9H2,1-2H3,(H,15,16)(H,17,18).